The van der Waals surface area contributed by atoms with E-state index in [1.165, 1.54) is 0 Å². The molecule has 37 heavy (non-hydrogen) atoms. The number of carbonyl (C=O) groups excluding carboxylic acids is 2. The van der Waals surface area contributed by atoms with Crippen LogP contribution in [0.25, 0.3) is 0 Å². The van der Waals surface area contributed by atoms with Gasteiger partial charge in [0.1, 0.15) is 5.78 Å². The molecule has 0 aromatic heterocycles. The monoisotopic (exact) mass is 529 g/mol. The Morgan fingerprint density at radius 2 is 1.00 bits per heavy atom. The minimum Gasteiger partial charge on any atom is -0.480 e. The third-order valence-corrected chi connectivity index (χ3v) is 6.45. The van der Waals surface area contributed by atoms with Crippen LogP contribution < -0.4 is 5.32 Å². The maximum absolute atomic E-state index is 12.6. The molecule has 0 aliphatic carbocycles. The van der Waals surface area contributed by atoms with Crippen molar-refractivity contribution in [2.75, 3.05) is 85.1 Å². The van der Waals surface area contributed by atoms with Crippen LogP contribution in [-0.2, 0) is 24.0 Å². The molecule has 13 heteroatoms. The lowest BCUT2D eigenvalue weighted by Crippen LogP contribution is -2.49. The van der Waals surface area contributed by atoms with Crippen molar-refractivity contribution >= 4 is 29.6 Å². The zero-order valence-corrected chi connectivity index (χ0v) is 22.1. The topological polar surface area (TPSA) is 171 Å². The van der Waals surface area contributed by atoms with Crippen LogP contribution in [0.5, 0.6) is 0 Å². The van der Waals surface area contributed by atoms with Gasteiger partial charge in [0.2, 0.25) is 5.91 Å². The third-order valence-electron chi connectivity index (χ3n) is 6.45. The number of unbranched alkanes of at least 4 members (excludes halogenated alkanes) is 1. The van der Waals surface area contributed by atoms with Crippen LogP contribution in [0.2, 0.25) is 0 Å². The highest BCUT2D eigenvalue weighted by Gasteiger charge is 2.21. The lowest BCUT2D eigenvalue weighted by atomic mass is 10.0. The predicted octanol–water partition coefficient (Wildman–Crippen LogP) is -1.03. The van der Waals surface area contributed by atoms with Gasteiger partial charge in [-0.3, -0.25) is 43.6 Å². The van der Waals surface area contributed by atoms with Crippen molar-refractivity contribution in [2.24, 2.45) is 5.92 Å². The summed E-state index contributed by atoms with van der Waals surface area (Å²) in [6, 6.07) is 0. The van der Waals surface area contributed by atoms with Gasteiger partial charge in [0, 0.05) is 64.8 Å². The summed E-state index contributed by atoms with van der Waals surface area (Å²) in [7, 11) is 0. The molecular weight excluding hydrogens is 486 g/mol. The molecular formula is C24H43N5O8. The van der Waals surface area contributed by atoms with E-state index < -0.39 is 17.9 Å². The molecule has 1 aliphatic rings. The molecule has 0 aromatic rings. The zero-order chi connectivity index (χ0) is 27.8. The molecule has 1 amide bonds. The summed E-state index contributed by atoms with van der Waals surface area (Å²) >= 11 is 0. The second kappa shape index (κ2) is 17.8. The number of carbonyl (C=O) groups is 5. The first-order valence-corrected chi connectivity index (χ1v) is 12.8. The van der Waals surface area contributed by atoms with Crippen molar-refractivity contribution in [1.29, 1.82) is 0 Å². The Morgan fingerprint density at radius 3 is 1.32 bits per heavy atom. The Hall–Kier alpha value is -2.61. The van der Waals surface area contributed by atoms with Crippen molar-refractivity contribution in [3.8, 4) is 0 Å². The van der Waals surface area contributed by atoms with Gasteiger partial charge >= 0.3 is 17.9 Å². The molecule has 1 atom stereocenters. The molecule has 0 saturated carbocycles. The van der Waals surface area contributed by atoms with Crippen molar-refractivity contribution < 1.29 is 39.3 Å². The van der Waals surface area contributed by atoms with E-state index >= 15 is 0 Å². The number of carboxylic acid groups (broad SMARTS) is 3. The van der Waals surface area contributed by atoms with Crippen molar-refractivity contribution in [3.63, 3.8) is 0 Å². The van der Waals surface area contributed by atoms with Gasteiger partial charge in [0.05, 0.1) is 26.2 Å². The smallest absolute Gasteiger partial charge is 0.317 e. The number of rotatable bonds is 14. The van der Waals surface area contributed by atoms with Crippen LogP contribution in [0, 0.1) is 5.92 Å². The Bertz CT molecular complexity index is 733. The number of carboxylic acids is 3. The fourth-order valence-electron chi connectivity index (χ4n) is 4.05. The Morgan fingerprint density at radius 1 is 0.649 bits per heavy atom. The van der Waals surface area contributed by atoms with E-state index in [-0.39, 0.29) is 43.8 Å². The number of amides is 1. The van der Waals surface area contributed by atoms with Gasteiger partial charge in [-0.2, -0.15) is 0 Å². The summed E-state index contributed by atoms with van der Waals surface area (Å²) in [6.07, 6.45) is 2.37. The summed E-state index contributed by atoms with van der Waals surface area (Å²) in [6.45, 7) is 6.26. The fourth-order valence-corrected chi connectivity index (χ4v) is 4.05. The summed E-state index contributed by atoms with van der Waals surface area (Å²) < 4.78 is 0. The van der Waals surface area contributed by atoms with Crippen LogP contribution in [0.3, 0.4) is 0 Å². The molecule has 0 bridgehead atoms. The first kappa shape index (κ1) is 32.4. The van der Waals surface area contributed by atoms with E-state index in [0.29, 0.717) is 58.9 Å². The molecule has 13 nitrogen and oxygen atoms in total. The van der Waals surface area contributed by atoms with Gasteiger partial charge in [-0.25, -0.2) is 0 Å². The molecule has 1 aliphatic heterocycles. The highest BCUT2D eigenvalue weighted by molar-refractivity contribution is 5.78. The summed E-state index contributed by atoms with van der Waals surface area (Å²) in [5.74, 6) is -3.00. The Balaban J connectivity index is 2.77. The van der Waals surface area contributed by atoms with Crippen molar-refractivity contribution in [3.05, 3.63) is 0 Å². The van der Waals surface area contributed by atoms with Crippen LogP contribution in [-0.4, -0.2) is 150 Å². The molecule has 4 N–H and O–H groups in total. The molecule has 0 radical (unpaired) electrons. The molecule has 1 saturated heterocycles. The van der Waals surface area contributed by atoms with E-state index in [4.69, 9.17) is 0 Å². The fraction of sp³-hybridized carbons (Fsp3) is 0.792. The quantitative estimate of drug-likeness (QED) is 0.202. The molecule has 1 rings (SSSR count). The number of nitrogens with zero attached hydrogens (tertiary/aromatic N) is 4. The number of aliphatic carboxylic acids is 3. The zero-order valence-electron chi connectivity index (χ0n) is 22.1. The number of hydrogen-bond donors (Lipinski definition) is 4. The Labute approximate surface area is 218 Å². The number of nitrogens with one attached hydrogen (secondary N) is 1. The summed E-state index contributed by atoms with van der Waals surface area (Å²) in [5, 5.41) is 30.7. The highest BCUT2D eigenvalue weighted by Crippen LogP contribution is 2.08. The average Bonchev–Trinajstić information content (AvgIpc) is 2.79. The van der Waals surface area contributed by atoms with Crippen LogP contribution in [0.15, 0.2) is 0 Å². The standard InChI is InChI=1S/C24H43N5O8/c1-19(20(2)30)5-3-4-6-25-21(31)15-26-7-9-27(16-22(32)33)11-13-29(18-24(36)37)14-12-28(10-8-26)17-23(34)35/h19H,3-18H2,1-2H3,(H,25,31)(H,32,33)(H,34,35)(H,36,37)/t19-/m1/s1. The largest absolute Gasteiger partial charge is 0.480 e. The minimum atomic E-state index is -1.01. The van der Waals surface area contributed by atoms with E-state index in [1.54, 1.807) is 21.6 Å². The first-order chi connectivity index (χ1) is 17.5. The lowest BCUT2D eigenvalue weighted by molar-refractivity contribution is -0.140. The van der Waals surface area contributed by atoms with Gasteiger partial charge in [-0.05, 0) is 19.8 Å². The van der Waals surface area contributed by atoms with E-state index in [1.807, 2.05) is 11.8 Å². The molecule has 0 unspecified atom stereocenters. The van der Waals surface area contributed by atoms with E-state index in [2.05, 4.69) is 5.32 Å². The molecule has 0 aromatic carbocycles. The van der Waals surface area contributed by atoms with Crippen LogP contribution >= 0.6 is 0 Å². The second-order valence-electron chi connectivity index (χ2n) is 9.64. The van der Waals surface area contributed by atoms with E-state index in [0.717, 1.165) is 19.3 Å². The molecule has 0 spiro atoms. The Kier molecular flexibility index (Phi) is 15.6. The predicted molar refractivity (Wildman–Crippen MR) is 135 cm³/mol. The maximum atomic E-state index is 12.6. The summed E-state index contributed by atoms with van der Waals surface area (Å²) in [4.78, 5) is 64.8. The van der Waals surface area contributed by atoms with Crippen LogP contribution in [0.1, 0.15) is 33.1 Å². The number of hydrogen-bond acceptors (Lipinski definition) is 9. The number of ketones is 1. The summed E-state index contributed by atoms with van der Waals surface area (Å²) in [5.41, 5.74) is 0. The van der Waals surface area contributed by atoms with Crippen molar-refractivity contribution in [1.82, 2.24) is 24.9 Å². The second-order valence-corrected chi connectivity index (χ2v) is 9.64. The van der Waals surface area contributed by atoms with Gasteiger partial charge in [0.15, 0.2) is 0 Å². The molecule has 1 fully saturated rings. The van der Waals surface area contributed by atoms with Gasteiger partial charge in [-0.15, -0.1) is 0 Å². The van der Waals surface area contributed by atoms with E-state index in [9.17, 15) is 39.3 Å². The average molecular weight is 530 g/mol. The SMILES string of the molecule is CC(=O)[C@H](C)CCCCNC(=O)CN1CCN(CC(=O)O)CCN(CC(=O)O)CCN(CC(=O)O)CC1. The maximum Gasteiger partial charge on any atom is 0.317 e. The lowest BCUT2D eigenvalue weighted by Gasteiger charge is -2.32. The normalized spacial score (nSPS) is 18.3. The molecule has 1 heterocycles. The van der Waals surface area contributed by atoms with Crippen molar-refractivity contribution in [2.45, 2.75) is 33.1 Å². The highest BCUT2D eigenvalue weighted by atomic mass is 16.4. The third kappa shape index (κ3) is 16.0. The van der Waals surface area contributed by atoms with Gasteiger partial charge < -0.3 is 20.6 Å². The van der Waals surface area contributed by atoms with Gasteiger partial charge in [-0.1, -0.05) is 13.3 Å². The number of Topliss-reactive ketones (excluding diaryl/α,β-unsaturated/α-hetero) is 1. The minimum absolute atomic E-state index is 0.0109. The van der Waals surface area contributed by atoms with Crippen LogP contribution in [0.4, 0.5) is 0 Å². The first-order valence-electron chi connectivity index (χ1n) is 12.8. The van der Waals surface area contributed by atoms with Gasteiger partial charge in [0.25, 0.3) is 0 Å². The molecule has 212 valence electrons.